The number of amides is 1. The lowest BCUT2D eigenvalue weighted by Crippen LogP contribution is -2.24. The van der Waals surface area contributed by atoms with Crippen molar-refractivity contribution in [2.75, 3.05) is 32.1 Å². The maximum absolute atomic E-state index is 11.2. The SMILES string of the molecule is CNC(=O)c1ccc(N(C)CCO)nn1. The number of aliphatic hydroxyl groups excluding tert-OH is 1. The van der Waals surface area contributed by atoms with E-state index in [0.717, 1.165) is 0 Å². The molecule has 0 aliphatic rings. The Kier molecular flexibility index (Phi) is 3.99. The molecule has 1 heterocycles. The van der Waals surface area contributed by atoms with Crippen molar-refractivity contribution >= 4 is 11.7 Å². The third-order valence-electron chi connectivity index (χ3n) is 1.94. The molecular formula is C9H14N4O2. The van der Waals surface area contributed by atoms with Crippen molar-refractivity contribution in [3.05, 3.63) is 17.8 Å². The van der Waals surface area contributed by atoms with Gasteiger partial charge in [-0.3, -0.25) is 4.79 Å². The molecule has 0 fully saturated rings. The van der Waals surface area contributed by atoms with E-state index in [4.69, 9.17) is 5.11 Å². The van der Waals surface area contributed by atoms with E-state index in [1.165, 1.54) is 7.05 Å². The summed E-state index contributed by atoms with van der Waals surface area (Å²) in [6.45, 7) is 0.531. The molecule has 0 spiro atoms. The first-order valence-electron chi connectivity index (χ1n) is 4.57. The molecule has 0 bridgehead atoms. The molecule has 0 saturated heterocycles. The smallest absolute Gasteiger partial charge is 0.271 e. The average Bonchev–Trinajstić information content (AvgIpc) is 2.28. The highest BCUT2D eigenvalue weighted by Gasteiger charge is 2.07. The molecule has 6 heteroatoms. The average molecular weight is 210 g/mol. The highest BCUT2D eigenvalue weighted by atomic mass is 16.3. The second-order valence-corrected chi connectivity index (χ2v) is 3.00. The fourth-order valence-electron chi connectivity index (χ4n) is 1.04. The van der Waals surface area contributed by atoms with Gasteiger partial charge in [0.1, 0.15) is 0 Å². The Morgan fingerprint density at radius 1 is 1.53 bits per heavy atom. The van der Waals surface area contributed by atoms with Crippen molar-refractivity contribution in [1.82, 2.24) is 15.5 Å². The van der Waals surface area contributed by atoms with Crippen molar-refractivity contribution in [1.29, 1.82) is 0 Å². The molecule has 0 saturated carbocycles. The number of aromatic nitrogens is 2. The van der Waals surface area contributed by atoms with Gasteiger partial charge in [0.15, 0.2) is 11.5 Å². The van der Waals surface area contributed by atoms with Crippen molar-refractivity contribution in [2.24, 2.45) is 0 Å². The van der Waals surface area contributed by atoms with E-state index >= 15 is 0 Å². The Bertz CT molecular complexity index is 325. The Balaban J connectivity index is 2.76. The number of hydrogen-bond acceptors (Lipinski definition) is 5. The zero-order chi connectivity index (χ0) is 11.3. The van der Waals surface area contributed by atoms with Crippen LogP contribution in [0, 0.1) is 0 Å². The van der Waals surface area contributed by atoms with E-state index in [-0.39, 0.29) is 18.2 Å². The number of likely N-dealkylation sites (N-methyl/N-ethyl adjacent to an activating group) is 1. The molecule has 1 rings (SSSR count). The van der Waals surface area contributed by atoms with Crippen LogP contribution in [0.3, 0.4) is 0 Å². The maximum atomic E-state index is 11.2. The molecule has 0 radical (unpaired) electrons. The molecule has 2 N–H and O–H groups in total. The van der Waals surface area contributed by atoms with Gasteiger partial charge < -0.3 is 15.3 Å². The van der Waals surface area contributed by atoms with Gasteiger partial charge in [-0.2, -0.15) is 0 Å². The monoisotopic (exact) mass is 210 g/mol. The first kappa shape index (κ1) is 11.4. The van der Waals surface area contributed by atoms with Crippen LogP contribution in [0.1, 0.15) is 10.5 Å². The van der Waals surface area contributed by atoms with Crippen LogP contribution < -0.4 is 10.2 Å². The molecule has 15 heavy (non-hydrogen) atoms. The van der Waals surface area contributed by atoms with Crippen molar-refractivity contribution in [3.63, 3.8) is 0 Å². The molecular weight excluding hydrogens is 196 g/mol. The maximum Gasteiger partial charge on any atom is 0.271 e. The van der Waals surface area contributed by atoms with E-state index in [1.807, 2.05) is 0 Å². The molecule has 1 amide bonds. The van der Waals surface area contributed by atoms with Gasteiger partial charge in [-0.15, -0.1) is 10.2 Å². The quantitative estimate of drug-likeness (QED) is 0.684. The van der Waals surface area contributed by atoms with Crippen LogP contribution in [-0.2, 0) is 0 Å². The minimum Gasteiger partial charge on any atom is -0.395 e. The van der Waals surface area contributed by atoms with Crippen LogP contribution in [0.15, 0.2) is 12.1 Å². The number of nitrogens with one attached hydrogen (secondary N) is 1. The topological polar surface area (TPSA) is 78.4 Å². The number of hydrogen-bond donors (Lipinski definition) is 2. The molecule has 6 nitrogen and oxygen atoms in total. The van der Waals surface area contributed by atoms with Gasteiger partial charge in [-0.25, -0.2) is 0 Å². The molecule has 0 unspecified atom stereocenters. The molecule has 1 aromatic heterocycles. The third-order valence-corrected chi connectivity index (χ3v) is 1.94. The van der Waals surface area contributed by atoms with Crippen LogP contribution in [-0.4, -0.2) is 48.5 Å². The summed E-state index contributed by atoms with van der Waals surface area (Å²) in [5.41, 5.74) is 0.277. The Hall–Kier alpha value is -1.69. The zero-order valence-corrected chi connectivity index (χ0v) is 8.77. The van der Waals surface area contributed by atoms with Crippen LogP contribution in [0.2, 0.25) is 0 Å². The fourth-order valence-corrected chi connectivity index (χ4v) is 1.04. The van der Waals surface area contributed by atoms with Crippen molar-refractivity contribution in [2.45, 2.75) is 0 Å². The summed E-state index contributed by atoms with van der Waals surface area (Å²) >= 11 is 0. The van der Waals surface area contributed by atoms with E-state index < -0.39 is 0 Å². The number of nitrogens with zero attached hydrogens (tertiary/aromatic N) is 3. The summed E-state index contributed by atoms with van der Waals surface area (Å²) in [5.74, 6) is 0.357. The molecule has 82 valence electrons. The van der Waals surface area contributed by atoms with Gasteiger partial charge in [0.2, 0.25) is 0 Å². The molecule has 0 aromatic carbocycles. The second-order valence-electron chi connectivity index (χ2n) is 3.00. The van der Waals surface area contributed by atoms with Gasteiger partial charge >= 0.3 is 0 Å². The zero-order valence-electron chi connectivity index (χ0n) is 8.77. The van der Waals surface area contributed by atoms with E-state index in [0.29, 0.717) is 12.4 Å². The second kappa shape index (κ2) is 5.26. The Morgan fingerprint density at radius 3 is 2.73 bits per heavy atom. The van der Waals surface area contributed by atoms with Crippen molar-refractivity contribution in [3.8, 4) is 0 Å². The molecule has 1 aromatic rings. The summed E-state index contributed by atoms with van der Waals surface area (Å²) in [6, 6.07) is 3.28. The summed E-state index contributed by atoms with van der Waals surface area (Å²) in [6.07, 6.45) is 0. The van der Waals surface area contributed by atoms with Crippen LogP contribution in [0.25, 0.3) is 0 Å². The van der Waals surface area contributed by atoms with Gasteiger partial charge in [0.05, 0.1) is 6.61 Å². The number of carbonyl (C=O) groups excluding carboxylic acids is 1. The molecule has 0 atom stereocenters. The van der Waals surface area contributed by atoms with Crippen molar-refractivity contribution < 1.29 is 9.90 Å². The van der Waals surface area contributed by atoms with E-state index in [2.05, 4.69) is 15.5 Å². The standard InChI is InChI=1S/C9H14N4O2/c1-10-9(15)7-3-4-8(12-11-7)13(2)5-6-14/h3-4,14H,5-6H2,1-2H3,(H,10,15). The van der Waals surface area contributed by atoms with E-state index in [9.17, 15) is 4.79 Å². The predicted octanol–water partition coefficient (Wildman–Crippen LogP) is -0.735. The summed E-state index contributed by atoms with van der Waals surface area (Å²) in [7, 11) is 3.33. The summed E-state index contributed by atoms with van der Waals surface area (Å²) in [5, 5.41) is 18.8. The third kappa shape index (κ3) is 2.88. The Labute approximate surface area is 87.9 Å². The van der Waals surface area contributed by atoms with Crippen LogP contribution in [0.4, 0.5) is 5.82 Å². The summed E-state index contributed by atoms with van der Waals surface area (Å²) in [4.78, 5) is 12.9. The lowest BCUT2D eigenvalue weighted by molar-refractivity contribution is 0.0957. The minimum absolute atomic E-state index is 0.0510. The predicted molar refractivity (Wildman–Crippen MR) is 55.8 cm³/mol. The summed E-state index contributed by atoms with van der Waals surface area (Å²) < 4.78 is 0. The first-order chi connectivity index (χ1) is 7.19. The van der Waals surface area contributed by atoms with E-state index in [1.54, 1.807) is 24.1 Å². The number of aliphatic hydroxyl groups is 1. The van der Waals surface area contributed by atoms with Gasteiger partial charge in [0, 0.05) is 20.6 Å². The van der Waals surface area contributed by atoms with Gasteiger partial charge in [0.25, 0.3) is 5.91 Å². The first-order valence-corrected chi connectivity index (χ1v) is 4.57. The van der Waals surface area contributed by atoms with Crippen LogP contribution in [0.5, 0.6) is 0 Å². The van der Waals surface area contributed by atoms with Crippen LogP contribution >= 0.6 is 0 Å². The normalized spacial score (nSPS) is 9.80. The lowest BCUT2D eigenvalue weighted by Gasteiger charge is -2.15. The lowest BCUT2D eigenvalue weighted by atomic mass is 10.3. The van der Waals surface area contributed by atoms with Gasteiger partial charge in [-0.1, -0.05) is 0 Å². The number of rotatable bonds is 4. The largest absolute Gasteiger partial charge is 0.395 e. The molecule has 0 aliphatic carbocycles. The fraction of sp³-hybridized carbons (Fsp3) is 0.444. The number of carbonyl (C=O) groups is 1. The highest BCUT2D eigenvalue weighted by Crippen LogP contribution is 2.06. The highest BCUT2D eigenvalue weighted by molar-refractivity contribution is 5.91. The molecule has 0 aliphatic heterocycles. The minimum atomic E-state index is -0.265. The number of anilines is 1. The Morgan fingerprint density at radius 2 is 2.27 bits per heavy atom. The van der Waals surface area contributed by atoms with Gasteiger partial charge in [-0.05, 0) is 12.1 Å².